The number of allylic oxidation sites excluding steroid dienone is 1. The Balaban J connectivity index is 2.59. The van der Waals surface area contributed by atoms with Crippen LogP contribution in [0.2, 0.25) is 0 Å². The van der Waals surface area contributed by atoms with Gasteiger partial charge in [-0.2, -0.15) is 0 Å². The number of nitrogens with two attached hydrogens (primary N) is 1. The highest BCUT2D eigenvalue weighted by molar-refractivity contribution is 5.76. The average Bonchev–Trinajstić information content (AvgIpc) is 1.88. The van der Waals surface area contributed by atoms with Crippen molar-refractivity contribution in [3.63, 3.8) is 0 Å². The number of hydrazine groups is 1. The first-order chi connectivity index (χ1) is 4.33. The Morgan fingerprint density at radius 2 is 2.67 bits per heavy atom. The summed E-state index contributed by atoms with van der Waals surface area (Å²) in [4.78, 5) is 3.89. The lowest BCUT2D eigenvalue weighted by molar-refractivity contribution is 0.289. The molecule has 0 aromatic heterocycles. The normalized spacial score (nSPS) is 17.6. The molecule has 0 bridgehead atoms. The predicted molar refractivity (Wildman–Crippen MR) is 34.5 cm³/mol. The van der Waals surface area contributed by atoms with Gasteiger partial charge in [-0.1, -0.05) is 0 Å². The predicted octanol–water partition coefficient (Wildman–Crippen LogP) is -0.308. The lowest BCUT2D eigenvalue weighted by atomic mass is 10.5. The van der Waals surface area contributed by atoms with Gasteiger partial charge in [0, 0.05) is 0 Å². The zero-order valence-electron chi connectivity index (χ0n) is 5.24. The second-order valence-corrected chi connectivity index (χ2v) is 1.70. The Bertz CT molecular complexity index is 152. The van der Waals surface area contributed by atoms with Gasteiger partial charge in [0.15, 0.2) is 5.76 Å². The van der Waals surface area contributed by atoms with Crippen LogP contribution < -0.4 is 5.84 Å². The Kier molecular flexibility index (Phi) is 1.69. The maximum absolute atomic E-state index is 5.36. The quantitative estimate of drug-likeness (QED) is 0.492. The highest BCUT2D eigenvalue weighted by Crippen LogP contribution is 1.97. The number of methoxy groups -OCH3 is 1. The number of ether oxygens (including phenoxy) is 1. The summed E-state index contributed by atoms with van der Waals surface area (Å²) in [6.07, 6.45) is 3.33. The summed E-state index contributed by atoms with van der Waals surface area (Å²) < 4.78 is 4.85. The van der Waals surface area contributed by atoms with Crippen LogP contribution in [0.25, 0.3) is 0 Å². The van der Waals surface area contributed by atoms with Crippen molar-refractivity contribution in [1.29, 1.82) is 0 Å². The van der Waals surface area contributed by atoms with E-state index in [1.807, 2.05) is 0 Å². The van der Waals surface area contributed by atoms with Crippen molar-refractivity contribution in [3.8, 4) is 0 Å². The van der Waals surface area contributed by atoms with Crippen molar-refractivity contribution in [2.45, 2.75) is 0 Å². The van der Waals surface area contributed by atoms with Gasteiger partial charge in [0.05, 0.1) is 19.5 Å². The lowest BCUT2D eigenvalue weighted by Gasteiger charge is -2.14. The zero-order chi connectivity index (χ0) is 6.69. The van der Waals surface area contributed by atoms with E-state index in [9.17, 15) is 0 Å². The molecule has 0 atom stereocenters. The van der Waals surface area contributed by atoms with Crippen LogP contribution in [0.3, 0.4) is 0 Å². The summed E-state index contributed by atoms with van der Waals surface area (Å²) >= 11 is 0. The third kappa shape index (κ3) is 1.43. The van der Waals surface area contributed by atoms with E-state index in [1.54, 1.807) is 19.5 Å². The van der Waals surface area contributed by atoms with Gasteiger partial charge >= 0.3 is 0 Å². The van der Waals surface area contributed by atoms with Gasteiger partial charge in [0.2, 0.25) is 0 Å². The SMILES string of the molecule is COC1=CN(N)CN=C1. The molecular formula is C5H9N3O. The van der Waals surface area contributed by atoms with E-state index >= 15 is 0 Å². The number of hydrogen-bond acceptors (Lipinski definition) is 4. The molecule has 1 aliphatic heterocycles. The van der Waals surface area contributed by atoms with Crippen molar-refractivity contribution >= 4 is 6.21 Å². The topological polar surface area (TPSA) is 50.9 Å². The number of nitrogens with zero attached hydrogens (tertiary/aromatic N) is 2. The summed E-state index contributed by atoms with van der Waals surface area (Å²) in [6.45, 7) is 0.507. The molecule has 0 amide bonds. The Hall–Kier alpha value is -1.03. The number of aliphatic imine (C=N–C) groups is 1. The molecule has 4 heteroatoms. The second kappa shape index (κ2) is 2.50. The number of hydrogen-bond donors (Lipinski definition) is 1. The van der Waals surface area contributed by atoms with E-state index in [0.29, 0.717) is 12.4 Å². The second-order valence-electron chi connectivity index (χ2n) is 1.70. The zero-order valence-corrected chi connectivity index (χ0v) is 5.24. The van der Waals surface area contributed by atoms with E-state index in [-0.39, 0.29) is 0 Å². The minimum absolute atomic E-state index is 0.507. The monoisotopic (exact) mass is 127 g/mol. The summed E-state index contributed by atoms with van der Waals surface area (Å²) in [5, 5.41) is 1.46. The van der Waals surface area contributed by atoms with Crippen molar-refractivity contribution in [2.24, 2.45) is 10.8 Å². The molecule has 0 unspecified atom stereocenters. The fourth-order valence-corrected chi connectivity index (χ4v) is 0.568. The summed E-state index contributed by atoms with van der Waals surface area (Å²) in [5.74, 6) is 6.05. The molecule has 1 heterocycles. The van der Waals surface area contributed by atoms with E-state index in [0.717, 1.165) is 0 Å². The van der Waals surface area contributed by atoms with Gasteiger partial charge in [-0.25, -0.2) is 5.84 Å². The first-order valence-electron chi connectivity index (χ1n) is 2.60. The third-order valence-electron chi connectivity index (χ3n) is 0.992. The van der Waals surface area contributed by atoms with Gasteiger partial charge in [0.25, 0.3) is 0 Å². The van der Waals surface area contributed by atoms with Gasteiger partial charge in [-0.15, -0.1) is 0 Å². The van der Waals surface area contributed by atoms with Crippen molar-refractivity contribution < 1.29 is 4.74 Å². The van der Waals surface area contributed by atoms with Gasteiger partial charge in [0.1, 0.15) is 6.67 Å². The minimum Gasteiger partial charge on any atom is -0.494 e. The van der Waals surface area contributed by atoms with Crippen LogP contribution in [0.4, 0.5) is 0 Å². The molecule has 0 aliphatic carbocycles. The molecular weight excluding hydrogens is 118 g/mol. The summed E-state index contributed by atoms with van der Waals surface area (Å²) in [5.41, 5.74) is 0. The molecule has 1 rings (SSSR count). The molecule has 0 saturated carbocycles. The maximum Gasteiger partial charge on any atom is 0.154 e. The Morgan fingerprint density at radius 3 is 3.11 bits per heavy atom. The molecule has 9 heavy (non-hydrogen) atoms. The van der Waals surface area contributed by atoms with Crippen LogP contribution in [-0.4, -0.2) is 25.0 Å². The molecule has 50 valence electrons. The summed E-state index contributed by atoms with van der Waals surface area (Å²) in [7, 11) is 1.58. The molecule has 0 saturated heterocycles. The summed E-state index contributed by atoms with van der Waals surface area (Å²) in [6, 6.07) is 0. The standard InChI is InChI=1S/C5H9N3O/c1-9-5-2-7-4-8(6)3-5/h2-3H,4,6H2,1H3. The molecule has 0 aromatic rings. The van der Waals surface area contributed by atoms with Crippen LogP contribution in [0, 0.1) is 0 Å². The van der Waals surface area contributed by atoms with Crippen LogP contribution in [0.1, 0.15) is 0 Å². The van der Waals surface area contributed by atoms with Crippen LogP contribution in [0.5, 0.6) is 0 Å². The molecule has 0 aromatic carbocycles. The molecule has 1 aliphatic rings. The van der Waals surface area contributed by atoms with Crippen LogP contribution in [-0.2, 0) is 4.74 Å². The van der Waals surface area contributed by atoms with E-state index in [1.165, 1.54) is 5.01 Å². The Labute approximate surface area is 53.6 Å². The smallest absolute Gasteiger partial charge is 0.154 e. The maximum atomic E-state index is 5.36. The lowest BCUT2D eigenvalue weighted by Crippen LogP contribution is -2.28. The minimum atomic E-state index is 0.507. The highest BCUT2D eigenvalue weighted by atomic mass is 16.5. The van der Waals surface area contributed by atoms with Crippen molar-refractivity contribution in [1.82, 2.24) is 5.01 Å². The first kappa shape index (κ1) is 6.10. The van der Waals surface area contributed by atoms with Gasteiger partial charge < -0.3 is 4.74 Å². The molecule has 0 fully saturated rings. The van der Waals surface area contributed by atoms with E-state index < -0.39 is 0 Å². The van der Waals surface area contributed by atoms with Crippen molar-refractivity contribution in [3.05, 3.63) is 12.0 Å². The average molecular weight is 127 g/mol. The first-order valence-corrected chi connectivity index (χ1v) is 2.60. The van der Waals surface area contributed by atoms with E-state index in [2.05, 4.69) is 4.99 Å². The fourth-order valence-electron chi connectivity index (χ4n) is 0.568. The highest BCUT2D eigenvalue weighted by Gasteiger charge is 1.99. The van der Waals surface area contributed by atoms with Crippen LogP contribution >= 0.6 is 0 Å². The Morgan fingerprint density at radius 1 is 1.89 bits per heavy atom. The van der Waals surface area contributed by atoms with Gasteiger partial charge in [-0.3, -0.25) is 10.0 Å². The third-order valence-corrected chi connectivity index (χ3v) is 0.992. The van der Waals surface area contributed by atoms with E-state index in [4.69, 9.17) is 10.6 Å². The molecule has 4 nitrogen and oxygen atoms in total. The number of rotatable bonds is 1. The largest absolute Gasteiger partial charge is 0.494 e. The molecule has 2 N–H and O–H groups in total. The van der Waals surface area contributed by atoms with Gasteiger partial charge in [-0.05, 0) is 0 Å². The molecule has 0 spiro atoms. The molecule has 0 radical (unpaired) electrons. The fraction of sp³-hybridized carbons (Fsp3) is 0.400. The van der Waals surface area contributed by atoms with Crippen molar-refractivity contribution in [2.75, 3.05) is 13.8 Å². The van der Waals surface area contributed by atoms with Crippen LogP contribution in [0.15, 0.2) is 17.0 Å².